The Kier molecular flexibility index (Phi) is 5.09. The molecule has 0 saturated carbocycles. The number of carbonyl (C=O) groups excluding carboxylic acids is 1. The number of nitrogens with zero attached hydrogens (tertiary/aromatic N) is 1. The van der Waals surface area contributed by atoms with E-state index in [1.165, 1.54) is 16.0 Å². The number of hydrogen-bond donors (Lipinski definition) is 1. The smallest absolute Gasteiger partial charge is 0.233 e. The number of aryl methyl sites for hydroxylation is 1. The van der Waals surface area contributed by atoms with E-state index in [1.807, 2.05) is 19.1 Å². The van der Waals surface area contributed by atoms with Crippen LogP contribution >= 0.6 is 23.1 Å². The van der Waals surface area contributed by atoms with Gasteiger partial charge in [0.1, 0.15) is 0 Å². The van der Waals surface area contributed by atoms with E-state index in [4.69, 9.17) is 0 Å². The monoisotopic (exact) mass is 380 g/mol. The number of amides is 1. The lowest BCUT2D eigenvalue weighted by molar-refractivity contribution is -0.120. The summed E-state index contributed by atoms with van der Waals surface area (Å²) in [6.45, 7) is 2.69. The summed E-state index contributed by atoms with van der Waals surface area (Å²) in [6.07, 6.45) is 1.67. The lowest BCUT2D eigenvalue weighted by Gasteiger charge is -2.10. The molecular weight excluding hydrogens is 360 g/mol. The zero-order chi connectivity index (χ0) is 17.9. The molecule has 3 aromatic rings. The van der Waals surface area contributed by atoms with Crippen molar-refractivity contribution in [1.82, 2.24) is 10.3 Å². The maximum atomic E-state index is 12.4. The number of thiazole rings is 1. The summed E-state index contributed by atoms with van der Waals surface area (Å²) in [5, 5.41) is 6.26. The molecule has 1 unspecified atom stereocenters. The number of nitrogens with one attached hydrogen (secondary N) is 1. The topological polar surface area (TPSA) is 42.0 Å². The Balaban J connectivity index is 1.28. The summed E-state index contributed by atoms with van der Waals surface area (Å²) in [7, 11) is 0. The number of hydrogen-bond acceptors (Lipinski definition) is 4. The Labute approximate surface area is 161 Å². The summed E-state index contributed by atoms with van der Waals surface area (Å²) in [5.41, 5.74) is 4.68. The van der Waals surface area contributed by atoms with Gasteiger partial charge in [-0.3, -0.25) is 4.79 Å². The van der Waals surface area contributed by atoms with E-state index in [-0.39, 0.29) is 11.2 Å². The number of fused-ring (bicyclic) bond motifs is 1. The van der Waals surface area contributed by atoms with Crippen LogP contribution in [-0.4, -0.2) is 22.7 Å². The van der Waals surface area contributed by atoms with Crippen LogP contribution in [0.15, 0.2) is 58.8 Å². The molecule has 26 heavy (non-hydrogen) atoms. The highest BCUT2D eigenvalue weighted by Crippen LogP contribution is 2.36. The first-order chi connectivity index (χ1) is 12.7. The van der Waals surface area contributed by atoms with Crippen LogP contribution in [-0.2, 0) is 17.6 Å². The van der Waals surface area contributed by atoms with E-state index in [9.17, 15) is 4.79 Å². The van der Waals surface area contributed by atoms with Crippen molar-refractivity contribution in [2.24, 2.45) is 0 Å². The zero-order valence-electron chi connectivity index (χ0n) is 14.6. The van der Waals surface area contributed by atoms with Gasteiger partial charge in [-0.1, -0.05) is 42.5 Å². The molecule has 2 aromatic carbocycles. The highest BCUT2D eigenvalue weighted by molar-refractivity contribution is 8.01. The second-order valence-corrected chi connectivity index (χ2v) is 8.71. The first-order valence-corrected chi connectivity index (χ1v) is 10.5. The Morgan fingerprint density at radius 3 is 2.73 bits per heavy atom. The minimum atomic E-state index is 0.00248. The van der Waals surface area contributed by atoms with E-state index < -0.39 is 0 Å². The van der Waals surface area contributed by atoms with Gasteiger partial charge in [-0.25, -0.2) is 4.98 Å². The minimum absolute atomic E-state index is 0.00248. The number of carbonyl (C=O) groups is 1. The van der Waals surface area contributed by atoms with Gasteiger partial charge in [0.05, 0.1) is 16.0 Å². The van der Waals surface area contributed by atoms with Gasteiger partial charge in [0.15, 0.2) is 0 Å². The van der Waals surface area contributed by atoms with Crippen LogP contribution in [0.25, 0.3) is 11.3 Å². The van der Waals surface area contributed by atoms with Gasteiger partial charge < -0.3 is 5.32 Å². The van der Waals surface area contributed by atoms with Crippen LogP contribution in [0.1, 0.15) is 16.1 Å². The summed E-state index contributed by atoms with van der Waals surface area (Å²) in [6, 6.07) is 16.7. The van der Waals surface area contributed by atoms with E-state index in [0.717, 1.165) is 29.1 Å². The van der Waals surface area contributed by atoms with Crippen molar-refractivity contribution in [1.29, 1.82) is 0 Å². The average molecular weight is 381 g/mol. The largest absolute Gasteiger partial charge is 0.355 e. The first-order valence-electron chi connectivity index (χ1n) is 8.73. The fraction of sp³-hybridized carbons (Fsp3) is 0.238. The second-order valence-electron chi connectivity index (χ2n) is 6.41. The number of rotatable bonds is 5. The Hall–Kier alpha value is -2.11. The van der Waals surface area contributed by atoms with Crippen molar-refractivity contribution in [3.8, 4) is 11.3 Å². The third kappa shape index (κ3) is 3.84. The lowest BCUT2D eigenvalue weighted by Crippen LogP contribution is -2.33. The Morgan fingerprint density at radius 1 is 1.19 bits per heavy atom. The molecule has 0 bridgehead atoms. The molecular formula is C21H20N2OS2. The van der Waals surface area contributed by atoms with Crippen LogP contribution in [0.5, 0.6) is 0 Å². The molecule has 0 saturated heterocycles. The molecule has 1 amide bonds. The number of aromatic nitrogens is 1. The highest BCUT2D eigenvalue weighted by Gasteiger charge is 2.27. The van der Waals surface area contributed by atoms with E-state index in [1.54, 1.807) is 23.1 Å². The summed E-state index contributed by atoms with van der Waals surface area (Å²) in [5.74, 6) is 0.140. The molecule has 1 atom stereocenters. The summed E-state index contributed by atoms with van der Waals surface area (Å²) >= 11 is 3.34. The Morgan fingerprint density at radius 2 is 2.00 bits per heavy atom. The van der Waals surface area contributed by atoms with Crippen molar-refractivity contribution in [3.63, 3.8) is 0 Å². The third-order valence-electron chi connectivity index (χ3n) is 4.52. The van der Waals surface area contributed by atoms with E-state index in [0.29, 0.717) is 6.54 Å². The Bertz CT molecular complexity index is 893. The van der Waals surface area contributed by atoms with Gasteiger partial charge in [-0.05, 0) is 37.0 Å². The van der Waals surface area contributed by atoms with Crippen molar-refractivity contribution in [2.45, 2.75) is 29.9 Å². The molecule has 132 valence electrons. The minimum Gasteiger partial charge on any atom is -0.355 e. The molecule has 1 N–H and O–H groups in total. The van der Waals surface area contributed by atoms with E-state index >= 15 is 0 Å². The SMILES string of the molecule is Cc1nc(-c2ccc(CCNC(=O)C3Cc4ccccc4S3)cc2)cs1. The fourth-order valence-electron chi connectivity index (χ4n) is 3.11. The van der Waals surface area contributed by atoms with Gasteiger partial charge >= 0.3 is 0 Å². The fourth-order valence-corrected chi connectivity index (χ4v) is 4.95. The molecule has 0 spiro atoms. The first kappa shape index (κ1) is 17.3. The summed E-state index contributed by atoms with van der Waals surface area (Å²) in [4.78, 5) is 18.2. The van der Waals surface area contributed by atoms with Crippen LogP contribution < -0.4 is 5.32 Å². The van der Waals surface area contributed by atoms with Gasteiger partial charge in [-0.15, -0.1) is 23.1 Å². The van der Waals surface area contributed by atoms with Crippen molar-refractivity contribution >= 4 is 29.0 Å². The van der Waals surface area contributed by atoms with Crippen LogP contribution in [0.4, 0.5) is 0 Å². The maximum absolute atomic E-state index is 12.4. The van der Waals surface area contributed by atoms with Gasteiger partial charge in [0, 0.05) is 22.4 Å². The summed E-state index contributed by atoms with van der Waals surface area (Å²) < 4.78 is 0. The van der Waals surface area contributed by atoms with Crippen LogP contribution in [0.2, 0.25) is 0 Å². The quantitative estimate of drug-likeness (QED) is 0.709. The van der Waals surface area contributed by atoms with Crippen molar-refractivity contribution in [3.05, 3.63) is 70.0 Å². The second kappa shape index (κ2) is 7.64. The standard InChI is InChI=1S/C21H20N2OS2/c1-14-23-18(13-25-14)16-8-6-15(7-9-16)10-11-22-21(24)20-12-17-4-2-3-5-19(17)26-20/h2-9,13,20H,10-12H2,1H3,(H,22,24). The van der Waals surface area contributed by atoms with Crippen LogP contribution in [0, 0.1) is 6.92 Å². The normalized spacial score (nSPS) is 15.7. The molecule has 0 aliphatic carbocycles. The lowest BCUT2D eigenvalue weighted by atomic mass is 10.1. The molecule has 0 radical (unpaired) electrons. The molecule has 1 aromatic heterocycles. The van der Waals surface area contributed by atoms with Crippen molar-refractivity contribution < 1.29 is 4.79 Å². The number of benzene rings is 2. The van der Waals surface area contributed by atoms with E-state index in [2.05, 4.69) is 52.1 Å². The molecule has 0 fully saturated rings. The predicted molar refractivity (Wildman–Crippen MR) is 109 cm³/mol. The molecule has 2 heterocycles. The molecule has 5 heteroatoms. The molecule has 1 aliphatic heterocycles. The maximum Gasteiger partial charge on any atom is 0.233 e. The molecule has 4 rings (SSSR count). The predicted octanol–water partition coefficient (Wildman–Crippen LogP) is 4.49. The van der Waals surface area contributed by atoms with Gasteiger partial charge in [-0.2, -0.15) is 0 Å². The molecule has 1 aliphatic rings. The zero-order valence-corrected chi connectivity index (χ0v) is 16.2. The third-order valence-corrected chi connectivity index (χ3v) is 6.61. The number of thioether (sulfide) groups is 1. The highest BCUT2D eigenvalue weighted by atomic mass is 32.2. The molecule has 3 nitrogen and oxygen atoms in total. The van der Waals surface area contributed by atoms with Gasteiger partial charge in [0.2, 0.25) is 5.91 Å². The van der Waals surface area contributed by atoms with Gasteiger partial charge in [0.25, 0.3) is 0 Å². The average Bonchev–Trinajstić information content (AvgIpc) is 3.28. The van der Waals surface area contributed by atoms with Crippen LogP contribution in [0.3, 0.4) is 0 Å². The van der Waals surface area contributed by atoms with Crippen molar-refractivity contribution in [2.75, 3.05) is 6.54 Å².